The van der Waals surface area contributed by atoms with Crippen LogP contribution in [0.15, 0.2) is 42.7 Å². The van der Waals surface area contributed by atoms with Gasteiger partial charge < -0.3 is 15.0 Å². The Kier molecular flexibility index (Phi) is 3.83. The number of anilines is 1. The predicted octanol–water partition coefficient (Wildman–Crippen LogP) is 2.97. The summed E-state index contributed by atoms with van der Waals surface area (Å²) in [6.07, 6.45) is 3.33. The number of carbonyl (C=O) groups is 1. The van der Waals surface area contributed by atoms with E-state index in [-0.39, 0.29) is 12.5 Å². The molecule has 3 aromatic rings. The summed E-state index contributed by atoms with van der Waals surface area (Å²) in [5.41, 5.74) is 2.56. The van der Waals surface area contributed by atoms with Crippen molar-refractivity contribution in [3.05, 3.63) is 58.9 Å². The molecule has 0 spiro atoms. The van der Waals surface area contributed by atoms with Gasteiger partial charge in [-0.15, -0.1) is 0 Å². The third kappa shape index (κ3) is 2.68. The second-order valence-electron chi connectivity index (χ2n) is 4.98. The van der Waals surface area contributed by atoms with Crippen LogP contribution in [0.2, 0.25) is 5.02 Å². The summed E-state index contributed by atoms with van der Waals surface area (Å²) in [5, 5.41) is 13.6. The number of benzene rings is 1. The van der Waals surface area contributed by atoms with Crippen molar-refractivity contribution < 1.29 is 9.90 Å². The van der Waals surface area contributed by atoms with Crippen LogP contribution in [0, 0.1) is 0 Å². The highest BCUT2D eigenvalue weighted by Crippen LogP contribution is 2.21. The number of pyridine rings is 1. The number of aliphatic hydroxyl groups is 1. The number of aromatic nitrogens is 2. The maximum Gasteiger partial charge on any atom is 0.257 e. The molecule has 0 bridgehead atoms. The first-order chi connectivity index (χ1) is 10.6. The van der Waals surface area contributed by atoms with Gasteiger partial charge in [-0.3, -0.25) is 4.79 Å². The molecule has 0 aliphatic carbocycles. The van der Waals surface area contributed by atoms with E-state index in [1.54, 1.807) is 36.5 Å². The van der Waals surface area contributed by atoms with Gasteiger partial charge in [0.1, 0.15) is 5.65 Å². The number of aliphatic hydroxyl groups excluding tert-OH is 1. The number of nitrogens with one attached hydrogen (secondary N) is 1. The normalized spacial score (nSPS) is 10.9. The van der Waals surface area contributed by atoms with E-state index in [2.05, 4.69) is 10.3 Å². The largest absolute Gasteiger partial charge is 0.392 e. The first kappa shape index (κ1) is 14.6. The fraction of sp³-hybridized carbons (Fsp3) is 0.125. The predicted molar refractivity (Wildman–Crippen MR) is 86.0 cm³/mol. The molecular weight excluding hydrogens is 302 g/mol. The van der Waals surface area contributed by atoms with Crippen molar-refractivity contribution in [2.45, 2.75) is 6.61 Å². The summed E-state index contributed by atoms with van der Waals surface area (Å²) < 4.78 is 1.82. The quantitative estimate of drug-likeness (QED) is 0.781. The zero-order valence-corrected chi connectivity index (χ0v) is 12.6. The molecule has 6 heteroatoms. The van der Waals surface area contributed by atoms with E-state index < -0.39 is 0 Å². The van der Waals surface area contributed by atoms with E-state index in [0.29, 0.717) is 16.3 Å². The highest BCUT2D eigenvalue weighted by atomic mass is 35.5. The Morgan fingerprint density at radius 1 is 1.36 bits per heavy atom. The van der Waals surface area contributed by atoms with Crippen molar-refractivity contribution in [1.29, 1.82) is 0 Å². The maximum absolute atomic E-state index is 12.3. The van der Waals surface area contributed by atoms with Gasteiger partial charge in [0.2, 0.25) is 0 Å². The van der Waals surface area contributed by atoms with E-state index in [4.69, 9.17) is 11.6 Å². The molecule has 5 nitrogen and oxygen atoms in total. The number of halogens is 1. The summed E-state index contributed by atoms with van der Waals surface area (Å²) in [6, 6.07) is 8.61. The van der Waals surface area contributed by atoms with Crippen LogP contribution in [0.4, 0.5) is 5.69 Å². The number of rotatable bonds is 3. The van der Waals surface area contributed by atoms with Crippen molar-refractivity contribution in [3.63, 3.8) is 0 Å². The zero-order chi connectivity index (χ0) is 15.7. The molecule has 0 fully saturated rings. The van der Waals surface area contributed by atoms with E-state index in [1.807, 2.05) is 11.6 Å². The summed E-state index contributed by atoms with van der Waals surface area (Å²) in [4.78, 5) is 16.6. The molecule has 3 rings (SSSR count). The number of amides is 1. The summed E-state index contributed by atoms with van der Waals surface area (Å²) in [5.74, 6) is -0.260. The second kappa shape index (κ2) is 5.79. The van der Waals surface area contributed by atoms with Crippen molar-refractivity contribution in [3.8, 4) is 0 Å². The average Bonchev–Trinajstić information content (AvgIpc) is 2.85. The van der Waals surface area contributed by atoms with Gasteiger partial charge in [-0.2, -0.15) is 0 Å². The minimum Gasteiger partial charge on any atom is -0.392 e. The van der Waals surface area contributed by atoms with Crippen LogP contribution >= 0.6 is 11.6 Å². The van der Waals surface area contributed by atoms with Crippen LogP contribution < -0.4 is 5.32 Å². The number of aryl methyl sites for hydroxylation is 1. The average molecular weight is 316 g/mol. The Labute approximate surface area is 132 Å². The number of fused-ring (bicyclic) bond motifs is 1. The molecular formula is C16H14ClN3O2. The molecule has 2 aromatic heterocycles. The molecule has 0 saturated heterocycles. The maximum atomic E-state index is 12.3. The molecule has 112 valence electrons. The van der Waals surface area contributed by atoms with E-state index in [0.717, 1.165) is 16.6 Å². The number of hydrogen-bond acceptors (Lipinski definition) is 3. The van der Waals surface area contributed by atoms with Crippen molar-refractivity contribution >= 4 is 34.2 Å². The van der Waals surface area contributed by atoms with Crippen LogP contribution in [-0.2, 0) is 13.7 Å². The molecule has 0 radical (unpaired) electrons. The van der Waals surface area contributed by atoms with Gasteiger partial charge >= 0.3 is 0 Å². The van der Waals surface area contributed by atoms with Gasteiger partial charge in [0.25, 0.3) is 5.91 Å². The Bertz CT molecular complexity index is 840. The lowest BCUT2D eigenvalue weighted by molar-refractivity contribution is 0.102. The van der Waals surface area contributed by atoms with Crippen molar-refractivity contribution in [2.24, 2.45) is 7.05 Å². The molecule has 0 aliphatic rings. The van der Waals surface area contributed by atoms with Gasteiger partial charge in [0, 0.05) is 41.1 Å². The second-order valence-corrected chi connectivity index (χ2v) is 5.42. The van der Waals surface area contributed by atoms with Crippen LogP contribution in [0.3, 0.4) is 0 Å². The van der Waals surface area contributed by atoms with Crippen molar-refractivity contribution in [2.75, 3.05) is 5.32 Å². The Morgan fingerprint density at radius 2 is 2.09 bits per heavy atom. The Balaban J connectivity index is 1.92. The Hall–Kier alpha value is -2.37. The third-order valence-electron chi connectivity index (χ3n) is 3.43. The van der Waals surface area contributed by atoms with Gasteiger partial charge in [0.05, 0.1) is 12.2 Å². The van der Waals surface area contributed by atoms with Gasteiger partial charge in [-0.25, -0.2) is 4.98 Å². The lowest BCUT2D eigenvalue weighted by Gasteiger charge is -2.06. The molecule has 0 saturated carbocycles. The molecule has 1 aromatic carbocycles. The van der Waals surface area contributed by atoms with Gasteiger partial charge in [-0.1, -0.05) is 11.6 Å². The monoisotopic (exact) mass is 315 g/mol. The van der Waals surface area contributed by atoms with E-state index in [1.165, 1.54) is 6.20 Å². The first-order valence-corrected chi connectivity index (χ1v) is 7.08. The molecule has 0 aliphatic heterocycles. The van der Waals surface area contributed by atoms with Crippen LogP contribution in [0.25, 0.3) is 11.0 Å². The molecule has 0 atom stereocenters. The molecule has 0 unspecified atom stereocenters. The standard InChI is InChI=1S/C16H14ClN3O2/c1-20-8-11(9-21)14-6-10(7-18-15(14)20)16(22)19-13-4-2-12(17)3-5-13/h2-8,21H,9H2,1H3,(H,19,22). The topological polar surface area (TPSA) is 67.2 Å². The van der Waals surface area contributed by atoms with E-state index in [9.17, 15) is 9.90 Å². The lowest BCUT2D eigenvalue weighted by atomic mass is 10.1. The van der Waals surface area contributed by atoms with Gasteiger partial charge in [-0.05, 0) is 30.3 Å². The minimum atomic E-state index is -0.260. The number of carbonyl (C=O) groups excluding carboxylic acids is 1. The van der Waals surface area contributed by atoms with Crippen molar-refractivity contribution in [1.82, 2.24) is 9.55 Å². The van der Waals surface area contributed by atoms with Crippen LogP contribution in [0.5, 0.6) is 0 Å². The summed E-state index contributed by atoms with van der Waals surface area (Å²) in [6.45, 7) is -0.0960. The third-order valence-corrected chi connectivity index (χ3v) is 3.68. The molecule has 2 heterocycles. The fourth-order valence-corrected chi connectivity index (χ4v) is 2.45. The SMILES string of the molecule is Cn1cc(CO)c2cc(C(=O)Nc3ccc(Cl)cc3)cnc21. The zero-order valence-electron chi connectivity index (χ0n) is 11.9. The van der Waals surface area contributed by atoms with E-state index >= 15 is 0 Å². The highest BCUT2D eigenvalue weighted by molar-refractivity contribution is 6.30. The highest BCUT2D eigenvalue weighted by Gasteiger charge is 2.12. The summed E-state index contributed by atoms with van der Waals surface area (Å²) in [7, 11) is 1.85. The summed E-state index contributed by atoms with van der Waals surface area (Å²) >= 11 is 5.82. The molecule has 1 amide bonds. The smallest absolute Gasteiger partial charge is 0.257 e. The number of nitrogens with zero attached hydrogens (tertiary/aromatic N) is 2. The van der Waals surface area contributed by atoms with Crippen LogP contribution in [-0.4, -0.2) is 20.6 Å². The fourth-order valence-electron chi connectivity index (χ4n) is 2.33. The van der Waals surface area contributed by atoms with Crippen LogP contribution in [0.1, 0.15) is 15.9 Å². The Morgan fingerprint density at radius 3 is 2.77 bits per heavy atom. The minimum absolute atomic E-state index is 0.0960. The molecule has 2 N–H and O–H groups in total. The first-order valence-electron chi connectivity index (χ1n) is 6.70. The molecule has 22 heavy (non-hydrogen) atoms. The lowest BCUT2D eigenvalue weighted by Crippen LogP contribution is -2.12. The van der Waals surface area contributed by atoms with Gasteiger partial charge in [0.15, 0.2) is 0 Å². The number of hydrogen-bond donors (Lipinski definition) is 2.